The second-order valence-corrected chi connectivity index (χ2v) is 7.98. The summed E-state index contributed by atoms with van der Waals surface area (Å²) in [6, 6.07) is 15.7. The lowest BCUT2D eigenvalue weighted by molar-refractivity contribution is 0.140. The third-order valence-corrected chi connectivity index (χ3v) is 5.58. The molecule has 1 aromatic heterocycles. The lowest BCUT2D eigenvalue weighted by atomic mass is 10.0. The Morgan fingerprint density at radius 1 is 1.16 bits per heavy atom. The van der Waals surface area contributed by atoms with Crippen molar-refractivity contribution < 1.29 is 19.7 Å². The van der Waals surface area contributed by atoms with E-state index in [4.69, 9.17) is 15.2 Å². The van der Waals surface area contributed by atoms with Crippen LogP contribution in [0, 0.1) is 0 Å². The van der Waals surface area contributed by atoms with E-state index >= 15 is 0 Å². The highest BCUT2D eigenvalue weighted by Gasteiger charge is 2.26. The van der Waals surface area contributed by atoms with E-state index in [9.17, 15) is 10.2 Å². The Bertz CT molecular complexity index is 1030. The van der Waals surface area contributed by atoms with Crippen molar-refractivity contribution in [2.24, 2.45) is 5.73 Å². The summed E-state index contributed by atoms with van der Waals surface area (Å²) in [4.78, 5) is 4.17. The Morgan fingerprint density at radius 3 is 2.44 bits per heavy atom. The molecule has 4 rings (SSSR count). The van der Waals surface area contributed by atoms with Gasteiger partial charge in [0.2, 0.25) is 0 Å². The number of rotatable bonds is 8. The van der Waals surface area contributed by atoms with Crippen LogP contribution >= 0.6 is 0 Å². The van der Waals surface area contributed by atoms with Gasteiger partial charge in [0, 0.05) is 12.4 Å². The highest BCUT2D eigenvalue weighted by atomic mass is 16.5. The summed E-state index contributed by atoms with van der Waals surface area (Å²) < 4.78 is 13.0. The van der Waals surface area contributed by atoms with Crippen molar-refractivity contribution in [1.29, 1.82) is 0 Å². The molecule has 0 unspecified atom stereocenters. The van der Waals surface area contributed by atoms with Crippen LogP contribution < -0.4 is 10.5 Å². The number of aliphatic hydroxyl groups is 2. The van der Waals surface area contributed by atoms with Crippen molar-refractivity contribution in [3.8, 4) is 16.9 Å². The number of aromatic nitrogens is 2. The van der Waals surface area contributed by atoms with Crippen molar-refractivity contribution in [3.63, 3.8) is 0 Å². The fourth-order valence-corrected chi connectivity index (χ4v) is 3.75. The van der Waals surface area contributed by atoms with E-state index in [1.807, 2.05) is 48.6 Å². The molecule has 4 N–H and O–H groups in total. The number of ether oxygens (including phenoxy) is 2. The van der Waals surface area contributed by atoms with E-state index in [-0.39, 0.29) is 24.8 Å². The maximum atomic E-state index is 9.85. The van der Waals surface area contributed by atoms with Gasteiger partial charge in [-0.05, 0) is 35.7 Å². The Balaban J connectivity index is 1.41. The quantitative estimate of drug-likeness (QED) is 0.503. The lowest BCUT2D eigenvalue weighted by Gasteiger charge is -2.16. The molecule has 7 nitrogen and oxygen atoms in total. The predicted octanol–water partition coefficient (Wildman–Crippen LogP) is 2.96. The molecule has 1 saturated heterocycles. The average molecular weight is 436 g/mol. The number of benzene rings is 2. The Labute approximate surface area is 187 Å². The molecule has 2 heterocycles. The average Bonchev–Trinajstić information content (AvgIpc) is 3.45. The molecular formula is C25H29N3O4. The highest BCUT2D eigenvalue weighted by Crippen LogP contribution is 2.25. The van der Waals surface area contributed by atoms with Crippen LogP contribution in [0.1, 0.15) is 30.5 Å². The zero-order chi connectivity index (χ0) is 22.5. The first-order chi connectivity index (χ1) is 15.5. The molecule has 0 bridgehead atoms. The minimum Gasteiger partial charge on any atom is -0.486 e. The molecule has 4 atom stereocenters. The molecule has 1 fully saturated rings. The normalized spacial score (nSPS) is 20.5. The third kappa shape index (κ3) is 5.08. The van der Waals surface area contributed by atoms with Gasteiger partial charge in [-0.2, -0.15) is 0 Å². The molecule has 1 aliphatic rings. The van der Waals surface area contributed by atoms with Gasteiger partial charge in [0.05, 0.1) is 31.9 Å². The Morgan fingerprint density at radius 2 is 1.84 bits per heavy atom. The van der Waals surface area contributed by atoms with Crippen molar-refractivity contribution in [2.45, 2.75) is 31.2 Å². The van der Waals surface area contributed by atoms with E-state index in [1.165, 1.54) is 0 Å². The topological polar surface area (TPSA) is 103 Å². The van der Waals surface area contributed by atoms with E-state index in [0.29, 0.717) is 19.0 Å². The molecule has 0 radical (unpaired) electrons. The molecule has 168 valence electrons. The molecule has 3 aromatic rings. The van der Waals surface area contributed by atoms with Crippen molar-refractivity contribution >= 4 is 6.08 Å². The van der Waals surface area contributed by atoms with Gasteiger partial charge in [-0.25, -0.2) is 4.98 Å². The molecule has 0 amide bonds. The van der Waals surface area contributed by atoms with Crippen LogP contribution in [-0.4, -0.2) is 51.7 Å². The van der Waals surface area contributed by atoms with Crippen molar-refractivity contribution in [3.05, 3.63) is 78.4 Å². The maximum Gasteiger partial charge on any atom is 0.139 e. The number of hydrogen-bond acceptors (Lipinski definition) is 6. The van der Waals surface area contributed by atoms with Gasteiger partial charge >= 0.3 is 0 Å². The molecule has 0 spiro atoms. The number of nitrogens with zero attached hydrogens (tertiary/aromatic N) is 2. The summed E-state index contributed by atoms with van der Waals surface area (Å²) in [5.41, 5.74) is 9.18. The molecule has 2 aromatic carbocycles. The van der Waals surface area contributed by atoms with E-state index in [0.717, 1.165) is 22.4 Å². The second kappa shape index (κ2) is 10.1. The number of hydrogen-bond donors (Lipinski definition) is 3. The van der Waals surface area contributed by atoms with Gasteiger partial charge in [0.25, 0.3) is 0 Å². The number of aliphatic hydroxyl groups excluding tert-OH is 2. The minimum atomic E-state index is -0.702. The zero-order valence-electron chi connectivity index (χ0n) is 18.0. The first kappa shape index (κ1) is 22.2. The van der Waals surface area contributed by atoms with Crippen LogP contribution in [0.4, 0.5) is 0 Å². The van der Waals surface area contributed by atoms with E-state index < -0.39 is 6.10 Å². The minimum absolute atomic E-state index is 0.0863. The molecular weight excluding hydrogens is 406 g/mol. The standard InChI is InChI=1S/C25H29N3O4/c1-17(30)25-27-12-13-28(25)21(14-29)9-4-18-2-5-19(6-3-18)20-7-10-22(11-8-20)32-24-16-31-15-23(24)26/h2-13,17,21,23-24,29-30H,14-16,26H2,1H3/b9-4+/t17-,21-,23-,24-/m0/s1. The molecule has 0 aliphatic carbocycles. The largest absolute Gasteiger partial charge is 0.486 e. The van der Waals surface area contributed by atoms with Crippen LogP contribution in [0.3, 0.4) is 0 Å². The fourth-order valence-electron chi connectivity index (χ4n) is 3.75. The van der Waals surface area contributed by atoms with Crippen LogP contribution in [-0.2, 0) is 4.74 Å². The second-order valence-electron chi connectivity index (χ2n) is 7.98. The Kier molecular flexibility index (Phi) is 7.02. The summed E-state index contributed by atoms with van der Waals surface area (Å²) in [6.07, 6.45) is 6.45. The molecule has 0 saturated carbocycles. The summed E-state index contributed by atoms with van der Waals surface area (Å²) >= 11 is 0. The van der Waals surface area contributed by atoms with Crippen LogP contribution in [0.25, 0.3) is 17.2 Å². The van der Waals surface area contributed by atoms with Crippen LogP contribution in [0.2, 0.25) is 0 Å². The lowest BCUT2D eigenvalue weighted by Crippen LogP contribution is -2.37. The molecule has 32 heavy (non-hydrogen) atoms. The summed E-state index contributed by atoms with van der Waals surface area (Å²) in [6.45, 7) is 2.63. The van der Waals surface area contributed by atoms with Crippen LogP contribution in [0.15, 0.2) is 67.0 Å². The van der Waals surface area contributed by atoms with Gasteiger partial charge in [-0.15, -0.1) is 0 Å². The van der Waals surface area contributed by atoms with E-state index in [1.54, 1.807) is 23.9 Å². The van der Waals surface area contributed by atoms with Crippen molar-refractivity contribution in [1.82, 2.24) is 9.55 Å². The third-order valence-electron chi connectivity index (χ3n) is 5.58. The highest BCUT2D eigenvalue weighted by molar-refractivity contribution is 5.66. The zero-order valence-corrected chi connectivity index (χ0v) is 18.0. The van der Waals surface area contributed by atoms with Crippen molar-refractivity contribution in [2.75, 3.05) is 19.8 Å². The number of nitrogens with two attached hydrogens (primary N) is 1. The SMILES string of the molecule is C[C@H](O)c1nccn1[C@@H](/C=C/c1ccc(-c2ccc(O[C@H]3COC[C@@H]3N)cc2)cc1)CO. The molecule has 7 heteroatoms. The molecule has 1 aliphatic heterocycles. The summed E-state index contributed by atoms with van der Waals surface area (Å²) in [5, 5.41) is 19.6. The first-order valence-corrected chi connectivity index (χ1v) is 10.8. The summed E-state index contributed by atoms with van der Waals surface area (Å²) in [5.74, 6) is 1.31. The monoisotopic (exact) mass is 435 g/mol. The van der Waals surface area contributed by atoms with Gasteiger partial charge in [0.1, 0.15) is 23.8 Å². The smallest absolute Gasteiger partial charge is 0.139 e. The fraction of sp³-hybridized carbons (Fsp3) is 0.320. The van der Waals surface area contributed by atoms with Gasteiger partial charge in [-0.1, -0.05) is 48.6 Å². The van der Waals surface area contributed by atoms with Gasteiger partial charge in [-0.3, -0.25) is 0 Å². The van der Waals surface area contributed by atoms with Gasteiger partial charge < -0.3 is 30.0 Å². The summed E-state index contributed by atoms with van der Waals surface area (Å²) in [7, 11) is 0. The predicted molar refractivity (Wildman–Crippen MR) is 123 cm³/mol. The maximum absolute atomic E-state index is 9.85. The Hall–Kier alpha value is -2.97. The van der Waals surface area contributed by atoms with Crippen LogP contribution in [0.5, 0.6) is 5.75 Å². The van der Waals surface area contributed by atoms with E-state index in [2.05, 4.69) is 17.1 Å². The van der Waals surface area contributed by atoms with Gasteiger partial charge in [0.15, 0.2) is 0 Å². The number of imidazole rings is 1. The first-order valence-electron chi connectivity index (χ1n) is 10.8.